The lowest BCUT2D eigenvalue weighted by molar-refractivity contribution is -0.406. The summed E-state index contributed by atoms with van der Waals surface area (Å²) in [6, 6.07) is 0. The van der Waals surface area contributed by atoms with Gasteiger partial charge in [-0.25, -0.2) is 0 Å². The summed E-state index contributed by atoms with van der Waals surface area (Å²) in [7, 11) is 0. The van der Waals surface area contributed by atoms with Gasteiger partial charge >= 0.3 is 5.97 Å². The van der Waals surface area contributed by atoms with Crippen molar-refractivity contribution in [2.75, 3.05) is 33.0 Å². The summed E-state index contributed by atoms with van der Waals surface area (Å²) in [6.07, 6.45) is -40.7. The van der Waals surface area contributed by atoms with Crippen LogP contribution in [0, 0.1) is 28.1 Å². The van der Waals surface area contributed by atoms with Gasteiger partial charge in [-0.15, -0.1) is 0 Å². The number of aliphatic hydroxyl groups excluding tert-OH is 17. The maximum absolute atomic E-state index is 14.4. The molecule has 9 fully saturated rings. The molecule has 28 heteroatoms. The minimum atomic E-state index is -2.14. The second-order valence-electron chi connectivity index (χ2n) is 23.6. The van der Waals surface area contributed by atoms with Crippen LogP contribution in [0.1, 0.15) is 71.6 Å². The zero-order chi connectivity index (χ0) is 56.7. The molecule has 17 N–H and O–H groups in total. The molecule has 78 heavy (non-hydrogen) atoms. The Hall–Kier alpha value is -1.83. The van der Waals surface area contributed by atoms with Crippen molar-refractivity contribution in [2.45, 2.75) is 231 Å². The van der Waals surface area contributed by atoms with Crippen molar-refractivity contribution in [3.63, 3.8) is 0 Å². The van der Waals surface area contributed by atoms with Gasteiger partial charge in [0, 0.05) is 0 Å². The third-order valence-corrected chi connectivity index (χ3v) is 19.2. The molecular formula is C50H80O28. The first-order chi connectivity index (χ1) is 36.9. The predicted octanol–water partition coefficient (Wildman–Crippen LogP) is -7.29. The maximum Gasteiger partial charge on any atom is 0.314 e. The second kappa shape index (κ2) is 23.3. The fourth-order valence-electron chi connectivity index (χ4n) is 15.0. The number of carbonyl (C=O) groups excluding carboxylic acids is 1. The highest BCUT2D eigenvalue weighted by Gasteiger charge is 2.70. The molecule has 5 heterocycles. The highest BCUT2D eigenvalue weighted by atomic mass is 16.8. The molecule has 4 aliphatic carbocycles. The Morgan fingerprint density at radius 3 is 1.44 bits per heavy atom. The first-order valence-electron chi connectivity index (χ1n) is 26.9. The van der Waals surface area contributed by atoms with Crippen LogP contribution in [0.3, 0.4) is 0 Å². The van der Waals surface area contributed by atoms with E-state index in [2.05, 4.69) is 13.5 Å². The van der Waals surface area contributed by atoms with Crippen LogP contribution in [0.4, 0.5) is 0 Å². The lowest BCUT2D eigenvalue weighted by Gasteiger charge is -2.64. The van der Waals surface area contributed by atoms with E-state index in [1.165, 1.54) is 0 Å². The van der Waals surface area contributed by atoms with E-state index in [1.54, 1.807) is 0 Å². The van der Waals surface area contributed by atoms with Crippen molar-refractivity contribution in [1.29, 1.82) is 0 Å². The van der Waals surface area contributed by atoms with Gasteiger partial charge in [0.25, 0.3) is 0 Å². The highest BCUT2D eigenvalue weighted by molar-refractivity contribution is 5.77. The van der Waals surface area contributed by atoms with Gasteiger partial charge in [0.15, 0.2) is 25.2 Å². The van der Waals surface area contributed by atoms with Crippen LogP contribution in [-0.4, -0.2) is 285 Å². The number of carbonyl (C=O) groups is 1. The van der Waals surface area contributed by atoms with E-state index >= 15 is 0 Å². The van der Waals surface area contributed by atoms with Crippen LogP contribution in [-0.2, 0) is 52.2 Å². The number of hydrogen-bond donors (Lipinski definition) is 17. The highest BCUT2D eigenvalue weighted by Crippen LogP contribution is 2.74. The van der Waals surface area contributed by atoms with Crippen LogP contribution in [0.5, 0.6) is 0 Å². The first kappa shape index (κ1) is 60.8. The van der Waals surface area contributed by atoms with Crippen molar-refractivity contribution >= 4 is 5.97 Å². The number of rotatable bonds is 15. The minimum absolute atomic E-state index is 0.0405. The van der Waals surface area contributed by atoms with Crippen LogP contribution in [0.15, 0.2) is 12.2 Å². The molecule has 0 amide bonds. The third-order valence-electron chi connectivity index (χ3n) is 19.2. The molecule has 0 aromatic heterocycles. The standard InChI is InChI=1S/C50H80O28/c1-18-11-49-9-5-24-47(2,7-4-8-48(24,3)46(68)77-43-36(66)33(63)28(58)21(14-53)71-43)25(49)6-10-50(18,17-49)78-45-40(39(30(60)23(16-55)73-45)75-42-35(65)32(62)27(57)20(13-52)70-42)76-44-37(67)38(29(59)22(15-54)72-44)74-41-34(64)31(61)26(56)19(12-51)69-41/h19-45,51-67H,1,4-17H2,2-3H3/t19-,20-,21-,22-,23-,24-,25-,26-,27-,28-,29-,30-,31+,32+,33+,34-,35-,36-,37-,38+,39+,40-,41-,42+,43+,44+,45+,47+,48?,49+,50+/m1/s1. The fourth-order valence-corrected chi connectivity index (χ4v) is 15.0. The molecule has 0 aromatic rings. The summed E-state index contributed by atoms with van der Waals surface area (Å²) in [5.41, 5.74) is -2.68. The van der Waals surface area contributed by atoms with Gasteiger partial charge < -0.3 is 134 Å². The Kier molecular flexibility index (Phi) is 18.2. The summed E-state index contributed by atoms with van der Waals surface area (Å²) in [4.78, 5) is 14.4. The summed E-state index contributed by atoms with van der Waals surface area (Å²) in [6.45, 7) is 4.23. The lowest BCUT2D eigenvalue weighted by atomic mass is 9.41. The van der Waals surface area contributed by atoms with Gasteiger partial charge in [0.1, 0.15) is 122 Å². The smallest absolute Gasteiger partial charge is 0.314 e. The number of esters is 1. The van der Waals surface area contributed by atoms with Crippen molar-refractivity contribution in [1.82, 2.24) is 0 Å². The van der Waals surface area contributed by atoms with E-state index in [-0.39, 0.29) is 11.8 Å². The molecule has 28 nitrogen and oxygen atoms in total. The van der Waals surface area contributed by atoms with Gasteiger partial charge in [0.05, 0.1) is 44.1 Å². The Morgan fingerprint density at radius 2 is 0.910 bits per heavy atom. The molecule has 0 aromatic carbocycles. The molecule has 1 spiro atoms. The summed E-state index contributed by atoms with van der Waals surface area (Å²) < 4.78 is 60.2. The molecular weight excluding hydrogens is 1050 g/mol. The molecule has 0 radical (unpaired) electrons. The second-order valence-corrected chi connectivity index (χ2v) is 23.6. The third kappa shape index (κ3) is 10.3. The largest absolute Gasteiger partial charge is 0.432 e. The topological polar surface area (TPSA) is 453 Å². The molecule has 448 valence electrons. The van der Waals surface area contributed by atoms with E-state index < -0.39 is 214 Å². The van der Waals surface area contributed by atoms with Crippen LogP contribution < -0.4 is 0 Å². The average Bonchev–Trinajstić information content (AvgIpc) is 3.69. The lowest BCUT2D eigenvalue weighted by Crippen LogP contribution is -2.68. The summed E-state index contributed by atoms with van der Waals surface area (Å²) >= 11 is 0. The number of aliphatic hydroxyl groups is 17. The van der Waals surface area contributed by atoms with Crippen molar-refractivity contribution < 1.29 is 139 Å². The normalized spacial score (nSPS) is 54.5. The summed E-state index contributed by atoms with van der Waals surface area (Å²) in [5, 5.41) is 182. The molecule has 9 rings (SSSR count). The van der Waals surface area contributed by atoms with Gasteiger partial charge in [0.2, 0.25) is 6.29 Å². The molecule has 9 aliphatic rings. The average molecular weight is 1130 g/mol. The van der Waals surface area contributed by atoms with Gasteiger partial charge in [-0.1, -0.05) is 19.9 Å². The Morgan fingerprint density at radius 1 is 0.487 bits per heavy atom. The number of fused-ring (bicyclic) bond motifs is 3. The van der Waals surface area contributed by atoms with Gasteiger partial charge in [-0.05, 0) is 86.5 Å². The van der Waals surface area contributed by atoms with Crippen LogP contribution in [0.25, 0.3) is 0 Å². The van der Waals surface area contributed by atoms with E-state index in [1.807, 2.05) is 6.92 Å². The van der Waals surface area contributed by atoms with Crippen LogP contribution >= 0.6 is 0 Å². The SMILES string of the molecule is C=C1C[C@]23CC[C@H]4C(C)(C(=O)O[C@@H]5O[C@H](CO)[C@@H](O)[C@H](O)[C@H]5O)CCC[C@]4(C)[C@H]2CC[C@]1(O[C@@H]1O[C@H](CO)[C@@H](O)[C@H](O[C@@H]2O[C@H](CO)[C@@H](O)[C@H](O)[C@H]2O)[C@H]1O[C@@H]1O[C@H](CO)[C@@H](O)[C@H](O[C@H]2O[C@H](CO)[C@@H](O)[C@H](O)[C@H]2O)[C@H]1O)C3. The Bertz CT molecular complexity index is 2070. The molecule has 31 atom stereocenters. The monoisotopic (exact) mass is 1130 g/mol. The Balaban J connectivity index is 1.00. The predicted molar refractivity (Wildman–Crippen MR) is 252 cm³/mol. The number of ether oxygens (including phenoxy) is 10. The van der Waals surface area contributed by atoms with Gasteiger partial charge in [-0.2, -0.15) is 0 Å². The van der Waals surface area contributed by atoms with Gasteiger partial charge in [-0.3, -0.25) is 4.79 Å². The molecule has 2 bridgehead atoms. The van der Waals surface area contributed by atoms with Crippen LogP contribution in [0.2, 0.25) is 0 Å². The van der Waals surface area contributed by atoms with Crippen molar-refractivity contribution in [3.05, 3.63) is 12.2 Å². The van der Waals surface area contributed by atoms with E-state index in [0.717, 1.165) is 6.42 Å². The quantitative estimate of drug-likeness (QED) is 0.0411. The zero-order valence-electron chi connectivity index (χ0n) is 43.3. The molecule has 4 saturated carbocycles. The fraction of sp³-hybridized carbons (Fsp3) is 0.940. The van der Waals surface area contributed by atoms with E-state index in [0.29, 0.717) is 56.9 Å². The summed E-state index contributed by atoms with van der Waals surface area (Å²) in [5.74, 6) is -0.957. The molecule has 1 unspecified atom stereocenters. The molecule has 5 saturated heterocycles. The van der Waals surface area contributed by atoms with E-state index in [4.69, 9.17) is 47.4 Å². The number of hydrogen-bond acceptors (Lipinski definition) is 28. The molecule has 5 aliphatic heterocycles. The van der Waals surface area contributed by atoms with Crippen molar-refractivity contribution in [3.8, 4) is 0 Å². The van der Waals surface area contributed by atoms with E-state index in [9.17, 15) is 91.6 Å². The first-order valence-corrected chi connectivity index (χ1v) is 26.9. The maximum atomic E-state index is 14.4. The minimum Gasteiger partial charge on any atom is -0.432 e. The Labute approximate surface area is 448 Å². The zero-order valence-corrected chi connectivity index (χ0v) is 43.3. The van der Waals surface area contributed by atoms with Crippen molar-refractivity contribution in [2.24, 2.45) is 28.1 Å².